The topological polar surface area (TPSA) is 56.0 Å². The summed E-state index contributed by atoms with van der Waals surface area (Å²) < 4.78 is 5.61. The molecule has 0 radical (unpaired) electrons. The number of ketones is 1. The van der Waals surface area contributed by atoms with Gasteiger partial charge in [0.2, 0.25) is 5.89 Å². The van der Waals surface area contributed by atoms with Crippen LogP contribution >= 0.6 is 35.0 Å². The van der Waals surface area contributed by atoms with Crippen molar-refractivity contribution in [3.8, 4) is 11.5 Å². The van der Waals surface area contributed by atoms with Crippen LogP contribution in [0.2, 0.25) is 10.0 Å². The van der Waals surface area contributed by atoms with E-state index in [2.05, 4.69) is 10.2 Å². The SMILES string of the molecule is CC(Sc1nnc(-c2cccc(Cl)c2)o1)C(=O)c1ccc(Cl)cc1. The van der Waals surface area contributed by atoms with Gasteiger partial charge in [-0.3, -0.25) is 4.79 Å². The summed E-state index contributed by atoms with van der Waals surface area (Å²) in [5.41, 5.74) is 1.33. The highest BCUT2D eigenvalue weighted by Crippen LogP contribution is 2.28. The van der Waals surface area contributed by atoms with Crippen molar-refractivity contribution in [2.24, 2.45) is 0 Å². The lowest BCUT2D eigenvalue weighted by Gasteiger charge is -2.07. The maximum atomic E-state index is 12.4. The van der Waals surface area contributed by atoms with Gasteiger partial charge in [-0.05, 0) is 49.4 Å². The number of Topliss-reactive ketones (excluding diaryl/α,β-unsaturated/α-hetero) is 1. The summed E-state index contributed by atoms with van der Waals surface area (Å²) in [6.07, 6.45) is 0. The average Bonchev–Trinajstić information content (AvgIpc) is 3.03. The second kappa shape index (κ2) is 7.38. The molecular weight excluding hydrogens is 367 g/mol. The number of aromatic nitrogens is 2. The number of carbonyl (C=O) groups excluding carboxylic acids is 1. The lowest BCUT2D eigenvalue weighted by atomic mass is 10.1. The first-order valence-electron chi connectivity index (χ1n) is 7.09. The molecule has 1 aromatic heterocycles. The Hall–Kier alpha value is -1.82. The molecule has 0 saturated heterocycles. The summed E-state index contributed by atoms with van der Waals surface area (Å²) in [4.78, 5) is 12.4. The van der Waals surface area contributed by atoms with Crippen LogP contribution in [0, 0.1) is 0 Å². The third kappa shape index (κ3) is 3.98. The summed E-state index contributed by atoms with van der Waals surface area (Å²) in [6.45, 7) is 1.80. The Bertz CT molecular complexity index is 865. The van der Waals surface area contributed by atoms with Crippen molar-refractivity contribution in [2.75, 3.05) is 0 Å². The molecule has 0 saturated carbocycles. The van der Waals surface area contributed by atoms with Crippen molar-refractivity contribution in [1.29, 1.82) is 0 Å². The number of nitrogens with zero attached hydrogens (tertiary/aromatic N) is 2. The largest absolute Gasteiger partial charge is 0.411 e. The molecule has 0 N–H and O–H groups in total. The van der Waals surface area contributed by atoms with Crippen LogP contribution in [0.25, 0.3) is 11.5 Å². The third-order valence-electron chi connectivity index (χ3n) is 3.25. The van der Waals surface area contributed by atoms with Crippen molar-refractivity contribution in [3.63, 3.8) is 0 Å². The van der Waals surface area contributed by atoms with E-state index >= 15 is 0 Å². The molecule has 3 rings (SSSR count). The van der Waals surface area contributed by atoms with Crippen molar-refractivity contribution in [1.82, 2.24) is 10.2 Å². The first kappa shape index (κ1) is 17.0. The molecule has 1 unspecified atom stereocenters. The summed E-state index contributed by atoms with van der Waals surface area (Å²) in [6, 6.07) is 13.9. The molecule has 0 aliphatic rings. The number of thioether (sulfide) groups is 1. The monoisotopic (exact) mass is 378 g/mol. The molecule has 0 aliphatic carbocycles. The quantitative estimate of drug-likeness (QED) is 0.438. The van der Waals surface area contributed by atoms with E-state index in [4.69, 9.17) is 27.6 Å². The second-order valence-corrected chi connectivity index (χ2v) is 7.18. The Morgan fingerprint density at radius 3 is 2.54 bits per heavy atom. The van der Waals surface area contributed by atoms with Crippen LogP contribution in [0.15, 0.2) is 58.2 Å². The molecule has 0 amide bonds. The molecule has 1 heterocycles. The van der Waals surface area contributed by atoms with Crippen LogP contribution in [0.5, 0.6) is 0 Å². The molecule has 4 nitrogen and oxygen atoms in total. The Balaban J connectivity index is 1.72. The van der Waals surface area contributed by atoms with Gasteiger partial charge < -0.3 is 4.42 Å². The predicted molar refractivity (Wildman–Crippen MR) is 95.8 cm³/mol. The van der Waals surface area contributed by atoms with Crippen molar-refractivity contribution < 1.29 is 9.21 Å². The van der Waals surface area contributed by atoms with Crippen molar-refractivity contribution in [3.05, 3.63) is 64.1 Å². The molecule has 0 aliphatic heterocycles. The standard InChI is InChI=1S/C17H12Cl2N2O2S/c1-10(15(22)11-5-7-13(18)8-6-11)24-17-21-20-16(23-17)12-3-2-4-14(19)9-12/h2-10H,1H3. The predicted octanol–water partition coefficient (Wildman–Crippen LogP) is 5.41. The maximum absolute atomic E-state index is 12.4. The third-order valence-corrected chi connectivity index (χ3v) is 4.67. The molecule has 3 aromatic rings. The van der Waals surface area contributed by atoms with Gasteiger partial charge in [-0.2, -0.15) is 0 Å². The minimum atomic E-state index is -0.362. The highest BCUT2D eigenvalue weighted by Gasteiger charge is 2.20. The highest BCUT2D eigenvalue weighted by molar-refractivity contribution is 8.00. The molecule has 2 aromatic carbocycles. The van der Waals surface area contributed by atoms with E-state index in [9.17, 15) is 4.79 Å². The fourth-order valence-electron chi connectivity index (χ4n) is 2.05. The number of carbonyl (C=O) groups is 1. The number of halogens is 2. The van der Waals surface area contributed by atoms with Crippen molar-refractivity contribution in [2.45, 2.75) is 17.4 Å². The molecule has 0 fully saturated rings. The average molecular weight is 379 g/mol. The minimum absolute atomic E-state index is 0.0285. The highest BCUT2D eigenvalue weighted by atomic mass is 35.5. The van der Waals surface area contributed by atoms with Gasteiger partial charge in [-0.15, -0.1) is 10.2 Å². The van der Waals surface area contributed by atoms with Crippen LogP contribution < -0.4 is 0 Å². The van der Waals surface area contributed by atoms with E-state index in [0.29, 0.717) is 26.7 Å². The smallest absolute Gasteiger partial charge is 0.277 e. The number of benzene rings is 2. The van der Waals surface area contributed by atoms with E-state index in [1.165, 1.54) is 11.8 Å². The van der Waals surface area contributed by atoms with E-state index < -0.39 is 0 Å². The summed E-state index contributed by atoms with van der Waals surface area (Å²) in [5.74, 6) is 0.338. The zero-order chi connectivity index (χ0) is 17.1. The Kier molecular flexibility index (Phi) is 5.23. The molecule has 0 spiro atoms. The van der Waals surface area contributed by atoms with Gasteiger partial charge in [0.05, 0.1) is 5.25 Å². The van der Waals surface area contributed by atoms with Gasteiger partial charge in [-0.25, -0.2) is 0 Å². The Morgan fingerprint density at radius 1 is 1.08 bits per heavy atom. The summed E-state index contributed by atoms with van der Waals surface area (Å²) >= 11 is 13.0. The summed E-state index contributed by atoms with van der Waals surface area (Å²) in [7, 11) is 0. The zero-order valence-corrected chi connectivity index (χ0v) is 14.9. The van der Waals surface area contributed by atoms with Gasteiger partial charge in [-0.1, -0.05) is 41.0 Å². The van der Waals surface area contributed by atoms with Crippen LogP contribution in [0.4, 0.5) is 0 Å². The van der Waals surface area contributed by atoms with Crippen LogP contribution in [-0.4, -0.2) is 21.2 Å². The van der Waals surface area contributed by atoms with Crippen LogP contribution in [-0.2, 0) is 0 Å². The van der Waals surface area contributed by atoms with E-state index in [-0.39, 0.29) is 11.0 Å². The first-order chi connectivity index (χ1) is 11.5. The van der Waals surface area contributed by atoms with Gasteiger partial charge in [0.15, 0.2) is 5.78 Å². The Morgan fingerprint density at radius 2 is 1.83 bits per heavy atom. The normalized spacial score (nSPS) is 12.1. The lowest BCUT2D eigenvalue weighted by molar-refractivity contribution is 0.0993. The summed E-state index contributed by atoms with van der Waals surface area (Å²) in [5, 5.41) is 9.13. The molecular formula is C17H12Cl2N2O2S. The van der Waals surface area contributed by atoms with Gasteiger partial charge in [0.25, 0.3) is 5.22 Å². The minimum Gasteiger partial charge on any atom is -0.411 e. The molecule has 24 heavy (non-hydrogen) atoms. The van der Waals surface area contributed by atoms with E-state index in [0.717, 1.165) is 5.56 Å². The second-order valence-electron chi connectivity index (χ2n) is 5.01. The number of hydrogen-bond donors (Lipinski definition) is 0. The van der Waals surface area contributed by atoms with Gasteiger partial charge >= 0.3 is 0 Å². The Labute approximate surface area is 153 Å². The van der Waals surface area contributed by atoms with Crippen LogP contribution in [0.3, 0.4) is 0 Å². The fourth-order valence-corrected chi connectivity index (χ4v) is 3.13. The fraction of sp³-hybridized carbons (Fsp3) is 0.118. The number of hydrogen-bond acceptors (Lipinski definition) is 5. The van der Waals surface area contributed by atoms with E-state index in [1.54, 1.807) is 49.4 Å². The molecule has 122 valence electrons. The molecule has 0 bridgehead atoms. The maximum Gasteiger partial charge on any atom is 0.277 e. The van der Waals surface area contributed by atoms with Crippen LogP contribution in [0.1, 0.15) is 17.3 Å². The number of rotatable bonds is 5. The lowest BCUT2D eigenvalue weighted by Crippen LogP contribution is -2.13. The van der Waals surface area contributed by atoms with Gasteiger partial charge in [0.1, 0.15) is 0 Å². The zero-order valence-electron chi connectivity index (χ0n) is 12.6. The molecule has 1 atom stereocenters. The van der Waals surface area contributed by atoms with Crippen molar-refractivity contribution >= 4 is 40.7 Å². The van der Waals surface area contributed by atoms with Gasteiger partial charge in [0, 0.05) is 21.2 Å². The first-order valence-corrected chi connectivity index (χ1v) is 8.72. The molecule has 7 heteroatoms. The van der Waals surface area contributed by atoms with E-state index in [1.807, 2.05) is 6.07 Å².